The summed E-state index contributed by atoms with van der Waals surface area (Å²) in [6.07, 6.45) is 3.83. The topological polar surface area (TPSA) is 32.8 Å². The summed E-state index contributed by atoms with van der Waals surface area (Å²) in [4.78, 5) is 14.2. The third-order valence-electron chi connectivity index (χ3n) is 3.66. The minimum atomic E-state index is -0.134. The van der Waals surface area contributed by atoms with Crippen LogP contribution in [0, 0.1) is 6.92 Å². The van der Waals surface area contributed by atoms with Crippen LogP contribution in [0.15, 0.2) is 47.6 Å². The van der Waals surface area contributed by atoms with Crippen molar-refractivity contribution in [1.29, 1.82) is 0 Å². The van der Waals surface area contributed by atoms with Crippen LogP contribution in [-0.4, -0.2) is 18.2 Å². The van der Waals surface area contributed by atoms with Crippen molar-refractivity contribution in [3.05, 3.63) is 53.1 Å². The van der Waals surface area contributed by atoms with E-state index in [1.807, 2.05) is 57.2 Å². The van der Waals surface area contributed by atoms with E-state index < -0.39 is 0 Å². The number of hydrogen-bond donors (Lipinski definition) is 0. The van der Waals surface area contributed by atoms with Gasteiger partial charge in [-0.15, -0.1) is 0 Å². The van der Waals surface area contributed by atoms with Crippen molar-refractivity contribution in [2.24, 2.45) is 0 Å². The largest absolute Gasteiger partial charge is 0.342 e. The molecule has 0 radical (unpaired) electrons. The summed E-state index contributed by atoms with van der Waals surface area (Å²) in [6.45, 7) is 5.86. The Labute approximate surface area is 113 Å². The predicted molar refractivity (Wildman–Crippen MR) is 74.8 cm³/mol. The van der Waals surface area contributed by atoms with Crippen molar-refractivity contribution in [3.63, 3.8) is 0 Å². The monoisotopic (exact) mass is 255 g/mol. The Morgan fingerprint density at radius 3 is 2.53 bits per heavy atom. The van der Waals surface area contributed by atoms with Crippen LogP contribution in [0.2, 0.25) is 0 Å². The highest BCUT2D eigenvalue weighted by molar-refractivity contribution is 6.08. The quantitative estimate of drug-likeness (QED) is 0.761. The van der Waals surface area contributed by atoms with Crippen molar-refractivity contribution >= 4 is 11.6 Å². The van der Waals surface area contributed by atoms with Gasteiger partial charge in [0.05, 0.1) is 0 Å². The van der Waals surface area contributed by atoms with Gasteiger partial charge in [-0.3, -0.25) is 9.69 Å². The maximum absolute atomic E-state index is 12.5. The molecule has 2 unspecified atom stereocenters. The second kappa shape index (κ2) is 4.35. The van der Waals surface area contributed by atoms with Gasteiger partial charge in [0.1, 0.15) is 6.10 Å². The lowest BCUT2D eigenvalue weighted by atomic mass is 9.99. The van der Waals surface area contributed by atoms with Crippen LogP contribution in [0.1, 0.15) is 19.4 Å². The molecule has 2 heterocycles. The Morgan fingerprint density at radius 1 is 1.21 bits per heavy atom. The molecule has 3 nitrogen and oxygen atoms in total. The van der Waals surface area contributed by atoms with Gasteiger partial charge in [-0.1, -0.05) is 29.8 Å². The summed E-state index contributed by atoms with van der Waals surface area (Å²) in [6, 6.07) is 7.97. The Hall–Kier alpha value is -1.87. The second-order valence-electron chi connectivity index (χ2n) is 5.04. The van der Waals surface area contributed by atoms with E-state index in [-0.39, 0.29) is 18.2 Å². The number of rotatable bonds is 2. The highest BCUT2D eigenvalue weighted by Crippen LogP contribution is 2.42. The third kappa shape index (κ3) is 1.90. The highest BCUT2D eigenvalue weighted by atomic mass is 16.6. The maximum atomic E-state index is 12.5. The van der Waals surface area contributed by atoms with E-state index in [9.17, 15) is 4.79 Å². The molecule has 3 rings (SSSR count). The van der Waals surface area contributed by atoms with Gasteiger partial charge in [0.25, 0.3) is 5.91 Å². The van der Waals surface area contributed by atoms with E-state index >= 15 is 0 Å². The number of amides is 1. The summed E-state index contributed by atoms with van der Waals surface area (Å²) in [5.74, 6) is 0.0377. The molecule has 0 spiro atoms. The lowest BCUT2D eigenvalue weighted by molar-refractivity contribution is -0.115. The number of carbonyl (C=O) groups excluding carboxylic acids is 1. The Balaban J connectivity index is 1.99. The van der Waals surface area contributed by atoms with E-state index in [0.29, 0.717) is 0 Å². The van der Waals surface area contributed by atoms with Gasteiger partial charge in [-0.25, -0.2) is 0 Å². The van der Waals surface area contributed by atoms with Crippen molar-refractivity contribution in [2.75, 3.05) is 4.90 Å². The maximum Gasteiger partial charge on any atom is 0.256 e. The number of benzene rings is 1. The van der Waals surface area contributed by atoms with E-state index in [2.05, 4.69) is 0 Å². The van der Waals surface area contributed by atoms with Crippen molar-refractivity contribution in [2.45, 2.75) is 33.1 Å². The molecule has 0 aliphatic carbocycles. The Morgan fingerprint density at radius 2 is 1.89 bits per heavy atom. The molecule has 0 bridgehead atoms. The molecule has 98 valence electrons. The molecule has 1 saturated heterocycles. The lowest BCUT2D eigenvalue weighted by Crippen LogP contribution is -2.39. The van der Waals surface area contributed by atoms with Crippen LogP contribution >= 0.6 is 0 Å². The smallest absolute Gasteiger partial charge is 0.256 e. The third-order valence-corrected chi connectivity index (χ3v) is 3.66. The average molecular weight is 255 g/mol. The number of nitrogens with zero attached hydrogens (tertiary/aromatic N) is 1. The summed E-state index contributed by atoms with van der Waals surface area (Å²) in [7, 11) is 0. The van der Waals surface area contributed by atoms with E-state index in [1.165, 1.54) is 5.56 Å². The summed E-state index contributed by atoms with van der Waals surface area (Å²) in [5.41, 5.74) is 3.88. The number of anilines is 1. The average Bonchev–Trinajstić information content (AvgIpc) is 3.17. The number of hydrogen-bond acceptors (Lipinski definition) is 2. The van der Waals surface area contributed by atoms with Crippen LogP contribution < -0.4 is 4.90 Å². The van der Waals surface area contributed by atoms with Gasteiger partial charge >= 0.3 is 0 Å². The minimum Gasteiger partial charge on any atom is -0.342 e. The molecule has 3 heteroatoms. The number of ether oxygens (including phenoxy) is 1. The zero-order chi connectivity index (χ0) is 13.6. The molecule has 0 aromatic heterocycles. The fraction of sp³-hybridized carbons (Fsp3) is 0.312. The fourth-order valence-corrected chi connectivity index (χ4v) is 2.53. The SMILES string of the molecule is C/C=C\C1=C(C)C(=O)N(c2ccc(C)cc2)C2OC12. The molecular weight excluding hydrogens is 238 g/mol. The molecule has 1 aromatic carbocycles. The van der Waals surface area contributed by atoms with Crippen molar-refractivity contribution < 1.29 is 9.53 Å². The van der Waals surface area contributed by atoms with Crippen LogP contribution in [0.4, 0.5) is 5.69 Å². The molecule has 0 saturated carbocycles. The van der Waals surface area contributed by atoms with E-state index in [1.54, 1.807) is 4.90 Å². The van der Waals surface area contributed by atoms with Crippen molar-refractivity contribution in [1.82, 2.24) is 0 Å². The van der Waals surface area contributed by atoms with Gasteiger partial charge in [0.15, 0.2) is 6.23 Å². The lowest BCUT2D eigenvalue weighted by Gasteiger charge is -2.25. The second-order valence-corrected chi connectivity index (χ2v) is 5.04. The van der Waals surface area contributed by atoms with E-state index in [0.717, 1.165) is 16.8 Å². The van der Waals surface area contributed by atoms with E-state index in [4.69, 9.17) is 4.74 Å². The Bertz CT molecular complexity index is 583. The molecule has 1 aromatic rings. The first-order chi connectivity index (χ1) is 9.13. The molecule has 2 aliphatic rings. The molecule has 1 fully saturated rings. The summed E-state index contributed by atoms with van der Waals surface area (Å²) in [5, 5.41) is 0. The van der Waals surface area contributed by atoms with Crippen LogP contribution in [-0.2, 0) is 9.53 Å². The zero-order valence-electron chi connectivity index (χ0n) is 11.4. The van der Waals surface area contributed by atoms with Crippen molar-refractivity contribution in [3.8, 4) is 0 Å². The predicted octanol–water partition coefficient (Wildman–Crippen LogP) is 2.96. The summed E-state index contributed by atoms with van der Waals surface area (Å²) >= 11 is 0. The van der Waals surface area contributed by atoms with Crippen LogP contribution in [0.3, 0.4) is 0 Å². The normalized spacial score (nSPS) is 26.1. The molecule has 2 atom stereocenters. The van der Waals surface area contributed by atoms with Crippen LogP contribution in [0.5, 0.6) is 0 Å². The van der Waals surface area contributed by atoms with Crippen LogP contribution in [0.25, 0.3) is 0 Å². The summed E-state index contributed by atoms with van der Waals surface area (Å²) < 4.78 is 5.68. The standard InChI is InChI=1S/C16H17NO2/c1-4-5-13-11(3)15(18)17(16-14(13)19-16)12-8-6-10(2)7-9-12/h4-9,14,16H,1-3H3/b5-4-. The van der Waals surface area contributed by atoms with Gasteiger partial charge in [-0.2, -0.15) is 0 Å². The molecule has 19 heavy (non-hydrogen) atoms. The molecule has 1 amide bonds. The number of fused-ring (bicyclic) bond motifs is 1. The zero-order valence-corrected chi connectivity index (χ0v) is 11.4. The fourth-order valence-electron chi connectivity index (χ4n) is 2.53. The minimum absolute atomic E-state index is 0.0372. The molecular formula is C16H17NO2. The number of aryl methyl sites for hydroxylation is 1. The number of carbonyl (C=O) groups is 1. The first kappa shape index (κ1) is 12.2. The molecule has 0 N–H and O–H groups in total. The van der Waals surface area contributed by atoms with Gasteiger partial charge in [0.2, 0.25) is 0 Å². The van der Waals surface area contributed by atoms with Gasteiger partial charge in [0, 0.05) is 11.3 Å². The Kier molecular flexibility index (Phi) is 2.79. The first-order valence-corrected chi connectivity index (χ1v) is 6.52. The highest BCUT2D eigenvalue weighted by Gasteiger charge is 2.52. The van der Waals surface area contributed by atoms with Gasteiger partial charge in [-0.05, 0) is 38.5 Å². The number of epoxide rings is 1. The first-order valence-electron chi connectivity index (χ1n) is 6.52. The van der Waals surface area contributed by atoms with Gasteiger partial charge < -0.3 is 4.74 Å². The molecule has 2 aliphatic heterocycles. The number of allylic oxidation sites excluding steroid dienone is 1.